The molecule has 0 bridgehead atoms. The van der Waals surface area contributed by atoms with Crippen molar-refractivity contribution in [3.63, 3.8) is 0 Å². The molecule has 2 rings (SSSR count). The van der Waals surface area contributed by atoms with Crippen LogP contribution in [0, 0.1) is 0 Å². The summed E-state index contributed by atoms with van der Waals surface area (Å²) < 4.78 is 1.92. The minimum Gasteiger partial charge on any atom is -0.311 e. The van der Waals surface area contributed by atoms with Gasteiger partial charge in [-0.3, -0.25) is 0 Å². The third kappa shape index (κ3) is 2.94. The highest BCUT2D eigenvalue weighted by Crippen LogP contribution is 2.10. The largest absolute Gasteiger partial charge is 0.311 e. The van der Waals surface area contributed by atoms with Gasteiger partial charge in [0.1, 0.15) is 0 Å². The first kappa shape index (κ1) is 11.9. The second-order valence-corrected chi connectivity index (χ2v) is 4.05. The Balaban J connectivity index is 2.12. The molecular formula is C14H19N3. The van der Waals surface area contributed by atoms with Gasteiger partial charge in [-0.15, -0.1) is 0 Å². The van der Waals surface area contributed by atoms with E-state index in [4.69, 9.17) is 0 Å². The molecule has 0 atom stereocenters. The van der Waals surface area contributed by atoms with Gasteiger partial charge in [-0.1, -0.05) is 26.0 Å². The second-order valence-electron chi connectivity index (χ2n) is 4.05. The van der Waals surface area contributed by atoms with Crippen LogP contribution in [0.5, 0.6) is 0 Å². The first-order valence-electron chi connectivity index (χ1n) is 6.18. The molecule has 1 aromatic heterocycles. The van der Waals surface area contributed by atoms with Crippen molar-refractivity contribution in [3.05, 3.63) is 47.8 Å². The summed E-state index contributed by atoms with van der Waals surface area (Å²) >= 11 is 0. The lowest BCUT2D eigenvalue weighted by Crippen LogP contribution is -2.12. The molecule has 90 valence electrons. The highest BCUT2D eigenvalue weighted by molar-refractivity contribution is 5.34. The van der Waals surface area contributed by atoms with E-state index in [-0.39, 0.29) is 0 Å². The molecule has 0 spiro atoms. The molecule has 0 fully saturated rings. The van der Waals surface area contributed by atoms with Crippen LogP contribution in [0.1, 0.15) is 25.1 Å². The average Bonchev–Trinajstić information content (AvgIpc) is 2.85. The first-order valence-corrected chi connectivity index (χ1v) is 6.18. The van der Waals surface area contributed by atoms with Crippen LogP contribution in [0.4, 0.5) is 0 Å². The highest BCUT2D eigenvalue weighted by Gasteiger charge is 2.00. The van der Waals surface area contributed by atoms with Crippen LogP contribution in [-0.4, -0.2) is 16.3 Å². The molecule has 3 heteroatoms. The minimum atomic E-state index is 0.830. The zero-order valence-corrected chi connectivity index (χ0v) is 10.5. The molecule has 0 amide bonds. The summed E-state index contributed by atoms with van der Waals surface area (Å²) in [6.07, 6.45) is 3.08. The maximum atomic E-state index is 4.53. The predicted octanol–water partition coefficient (Wildman–Crippen LogP) is 2.54. The van der Waals surface area contributed by atoms with Crippen molar-refractivity contribution in [2.75, 3.05) is 6.54 Å². The SMILES string of the molecule is CCNCc1ccn(-c2ccc(CC)cc2)n1. The number of rotatable bonds is 5. The number of hydrogen-bond acceptors (Lipinski definition) is 2. The van der Waals surface area contributed by atoms with E-state index in [1.54, 1.807) is 0 Å². The molecule has 1 aromatic carbocycles. The van der Waals surface area contributed by atoms with Gasteiger partial charge in [0, 0.05) is 12.7 Å². The van der Waals surface area contributed by atoms with E-state index in [1.807, 2.05) is 10.9 Å². The van der Waals surface area contributed by atoms with Crippen LogP contribution < -0.4 is 5.32 Å². The Labute approximate surface area is 102 Å². The molecule has 1 heterocycles. The lowest BCUT2D eigenvalue weighted by atomic mass is 10.1. The molecule has 1 N–H and O–H groups in total. The maximum Gasteiger partial charge on any atom is 0.0766 e. The van der Waals surface area contributed by atoms with Crippen molar-refractivity contribution in [1.82, 2.24) is 15.1 Å². The van der Waals surface area contributed by atoms with Gasteiger partial charge in [-0.05, 0) is 36.7 Å². The normalized spacial score (nSPS) is 10.7. The van der Waals surface area contributed by atoms with E-state index in [0.717, 1.165) is 30.9 Å². The molecule has 0 aliphatic heterocycles. The van der Waals surface area contributed by atoms with Gasteiger partial charge < -0.3 is 5.32 Å². The fraction of sp³-hybridized carbons (Fsp3) is 0.357. The van der Waals surface area contributed by atoms with Gasteiger partial charge in [0.25, 0.3) is 0 Å². The fourth-order valence-corrected chi connectivity index (χ4v) is 1.74. The van der Waals surface area contributed by atoms with Crippen LogP contribution in [0.3, 0.4) is 0 Å². The lowest BCUT2D eigenvalue weighted by Gasteiger charge is -2.02. The third-order valence-electron chi connectivity index (χ3n) is 2.81. The molecule has 0 aliphatic carbocycles. The van der Waals surface area contributed by atoms with Crippen LogP contribution in [0.2, 0.25) is 0 Å². The zero-order valence-electron chi connectivity index (χ0n) is 10.5. The van der Waals surface area contributed by atoms with E-state index in [0.29, 0.717) is 0 Å². The van der Waals surface area contributed by atoms with Crippen LogP contribution in [0.15, 0.2) is 36.5 Å². The summed E-state index contributed by atoms with van der Waals surface area (Å²) in [5.41, 5.74) is 3.55. The Hall–Kier alpha value is -1.61. The average molecular weight is 229 g/mol. The number of benzene rings is 1. The van der Waals surface area contributed by atoms with Gasteiger partial charge >= 0.3 is 0 Å². The van der Waals surface area contributed by atoms with Crippen molar-refractivity contribution in [1.29, 1.82) is 0 Å². The van der Waals surface area contributed by atoms with E-state index in [9.17, 15) is 0 Å². The Morgan fingerprint density at radius 2 is 1.88 bits per heavy atom. The van der Waals surface area contributed by atoms with Crippen LogP contribution in [-0.2, 0) is 13.0 Å². The zero-order chi connectivity index (χ0) is 12.1. The second kappa shape index (κ2) is 5.64. The molecular weight excluding hydrogens is 210 g/mol. The summed E-state index contributed by atoms with van der Waals surface area (Å²) in [5.74, 6) is 0. The molecule has 0 unspecified atom stereocenters. The minimum absolute atomic E-state index is 0.830. The van der Waals surface area contributed by atoms with E-state index in [1.165, 1.54) is 5.56 Å². The van der Waals surface area contributed by atoms with Crippen LogP contribution in [0.25, 0.3) is 5.69 Å². The standard InChI is InChI=1S/C14H19N3/c1-3-12-5-7-14(8-6-12)17-10-9-13(16-17)11-15-4-2/h5-10,15H,3-4,11H2,1-2H3. The maximum absolute atomic E-state index is 4.53. The summed E-state index contributed by atoms with van der Waals surface area (Å²) in [5, 5.41) is 7.80. The van der Waals surface area contributed by atoms with E-state index in [2.05, 4.69) is 54.6 Å². The Kier molecular flexibility index (Phi) is 3.94. The lowest BCUT2D eigenvalue weighted by molar-refractivity contribution is 0.696. The van der Waals surface area contributed by atoms with Crippen molar-refractivity contribution < 1.29 is 0 Å². The van der Waals surface area contributed by atoms with Gasteiger partial charge in [-0.2, -0.15) is 5.10 Å². The summed E-state index contributed by atoms with van der Waals surface area (Å²) in [4.78, 5) is 0. The Morgan fingerprint density at radius 1 is 1.12 bits per heavy atom. The predicted molar refractivity (Wildman–Crippen MR) is 70.3 cm³/mol. The van der Waals surface area contributed by atoms with Gasteiger partial charge in [-0.25, -0.2) is 4.68 Å². The molecule has 0 saturated carbocycles. The van der Waals surface area contributed by atoms with E-state index >= 15 is 0 Å². The molecule has 0 saturated heterocycles. The smallest absolute Gasteiger partial charge is 0.0766 e. The fourth-order valence-electron chi connectivity index (χ4n) is 1.74. The monoisotopic (exact) mass is 229 g/mol. The molecule has 0 aliphatic rings. The molecule has 3 nitrogen and oxygen atoms in total. The quantitative estimate of drug-likeness (QED) is 0.854. The van der Waals surface area contributed by atoms with E-state index < -0.39 is 0 Å². The van der Waals surface area contributed by atoms with Crippen molar-refractivity contribution in [2.24, 2.45) is 0 Å². The summed E-state index contributed by atoms with van der Waals surface area (Å²) in [7, 11) is 0. The molecule has 17 heavy (non-hydrogen) atoms. The number of aromatic nitrogens is 2. The molecule has 2 aromatic rings. The number of nitrogens with one attached hydrogen (secondary N) is 1. The highest BCUT2D eigenvalue weighted by atomic mass is 15.3. The van der Waals surface area contributed by atoms with Crippen molar-refractivity contribution in [2.45, 2.75) is 26.8 Å². The molecule has 0 radical (unpaired) electrons. The van der Waals surface area contributed by atoms with Crippen LogP contribution >= 0.6 is 0 Å². The number of aryl methyl sites for hydroxylation is 1. The van der Waals surface area contributed by atoms with Gasteiger partial charge in [0.15, 0.2) is 0 Å². The Morgan fingerprint density at radius 3 is 2.53 bits per heavy atom. The van der Waals surface area contributed by atoms with Crippen molar-refractivity contribution in [3.8, 4) is 5.69 Å². The number of hydrogen-bond donors (Lipinski definition) is 1. The topological polar surface area (TPSA) is 29.9 Å². The Bertz CT molecular complexity index is 457. The van der Waals surface area contributed by atoms with Gasteiger partial charge in [0.05, 0.1) is 11.4 Å². The first-order chi connectivity index (χ1) is 8.33. The van der Waals surface area contributed by atoms with Gasteiger partial charge in [0.2, 0.25) is 0 Å². The summed E-state index contributed by atoms with van der Waals surface area (Å²) in [6, 6.07) is 10.6. The summed E-state index contributed by atoms with van der Waals surface area (Å²) in [6.45, 7) is 6.06. The van der Waals surface area contributed by atoms with Crippen molar-refractivity contribution >= 4 is 0 Å². The third-order valence-corrected chi connectivity index (χ3v) is 2.81. The number of nitrogens with zero attached hydrogens (tertiary/aromatic N) is 2.